The fourth-order valence-electron chi connectivity index (χ4n) is 2.06. The topological polar surface area (TPSA) is 51.0 Å². The van der Waals surface area contributed by atoms with E-state index in [1.807, 2.05) is 19.1 Å². The number of rotatable bonds is 3. The maximum atomic E-state index is 14.4. The Bertz CT molecular complexity index is 671. The summed E-state index contributed by atoms with van der Waals surface area (Å²) in [5.41, 5.74) is 8.25. The maximum Gasteiger partial charge on any atom is 0.192 e. The third-order valence-electron chi connectivity index (χ3n) is 4.50. The summed E-state index contributed by atoms with van der Waals surface area (Å²) in [5.74, 6) is -0.372. The van der Waals surface area contributed by atoms with Crippen LogP contribution < -0.4 is 5.73 Å². The molecule has 0 radical (unpaired) electrons. The quantitative estimate of drug-likeness (QED) is 0.637. The van der Waals surface area contributed by atoms with E-state index < -0.39 is 8.32 Å². The fourth-order valence-corrected chi connectivity index (χ4v) is 3.01. The molecule has 2 rings (SSSR count). The van der Waals surface area contributed by atoms with Crippen LogP contribution in [0.2, 0.25) is 18.1 Å². The number of hydrogen-bond acceptors (Lipinski definition) is 2. The Kier molecular flexibility index (Phi) is 3.93. The zero-order valence-corrected chi connectivity index (χ0v) is 14.7. The van der Waals surface area contributed by atoms with Crippen molar-refractivity contribution in [1.82, 2.24) is 4.98 Å². The lowest BCUT2D eigenvalue weighted by molar-refractivity contribution is 0.271. The highest BCUT2D eigenvalue weighted by molar-refractivity contribution is 6.74. The van der Waals surface area contributed by atoms with Crippen molar-refractivity contribution in [3.8, 4) is 0 Å². The minimum Gasteiger partial charge on any atom is -0.412 e. The van der Waals surface area contributed by atoms with Gasteiger partial charge in [0.1, 0.15) is 0 Å². The molecule has 0 aliphatic heterocycles. The number of aryl methyl sites for hydroxylation is 1. The van der Waals surface area contributed by atoms with Crippen molar-refractivity contribution >= 4 is 24.9 Å². The van der Waals surface area contributed by atoms with Crippen LogP contribution in [0.5, 0.6) is 0 Å². The van der Waals surface area contributed by atoms with Crippen LogP contribution in [0.4, 0.5) is 10.1 Å². The molecule has 0 saturated carbocycles. The Balaban J connectivity index is 2.33. The van der Waals surface area contributed by atoms with Crippen LogP contribution in [-0.4, -0.2) is 13.3 Å². The Morgan fingerprint density at radius 3 is 2.48 bits per heavy atom. The summed E-state index contributed by atoms with van der Waals surface area (Å²) in [5, 5.41) is 1.03. The van der Waals surface area contributed by atoms with Gasteiger partial charge in [0.2, 0.25) is 0 Å². The van der Waals surface area contributed by atoms with E-state index in [0.717, 1.165) is 11.1 Å². The van der Waals surface area contributed by atoms with Crippen molar-refractivity contribution < 1.29 is 8.82 Å². The summed E-state index contributed by atoms with van der Waals surface area (Å²) in [7, 11) is -1.91. The number of hydrogen-bond donors (Lipinski definition) is 2. The van der Waals surface area contributed by atoms with Gasteiger partial charge in [-0.2, -0.15) is 0 Å². The molecule has 0 spiro atoms. The lowest BCUT2D eigenvalue weighted by atomic mass is 10.1. The van der Waals surface area contributed by atoms with Crippen LogP contribution >= 0.6 is 0 Å². The molecular weight excluding hydrogens is 283 g/mol. The van der Waals surface area contributed by atoms with E-state index in [-0.39, 0.29) is 23.1 Å². The molecular formula is C16H25FN2OSi. The van der Waals surface area contributed by atoms with Gasteiger partial charge in [-0.15, -0.1) is 0 Å². The standard InChI is InChI=1S/C16H25FN2OSi/c1-10-7-11-8-12(13(17)14(18)15(11)19-10)9-20-21(5,6)16(2,3)4/h7-8,19H,9,18H2,1-6H3. The van der Waals surface area contributed by atoms with E-state index >= 15 is 0 Å². The number of fused-ring (bicyclic) bond motifs is 1. The first-order valence-electron chi connectivity index (χ1n) is 7.23. The van der Waals surface area contributed by atoms with Crippen LogP contribution in [0, 0.1) is 12.7 Å². The minimum atomic E-state index is -1.91. The number of H-pyrrole nitrogens is 1. The van der Waals surface area contributed by atoms with E-state index in [1.54, 1.807) is 0 Å². The summed E-state index contributed by atoms with van der Waals surface area (Å²) in [6.07, 6.45) is 0. The summed E-state index contributed by atoms with van der Waals surface area (Å²) in [6, 6.07) is 3.80. The molecule has 2 aromatic rings. The van der Waals surface area contributed by atoms with E-state index in [9.17, 15) is 4.39 Å². The predicted octanol–water partition coefficient (Wildman–Crippen LogP) is 4.72. The summed E-state index contributed by atoms with van der Waals surface area (Å²) >= 11 is 0. The van der Waals surface area contributed by atoms with Gasteiger partial charge in [-0.05, 0) is 37.2 Å². The summed E-state index contributed by atoms with van der Waals surface area (Å²) in [6.45, 7) is 13.0. The van der Waals surface area contributed by atoms with Gasteiger partial charge in [-0.3, -0.25) is 0 Å². The first kappa shape index (κ1) is 16.0. The Morgan fingerprint density at radius 2 is 1.90 bits per heavy atom. The first-order valence-corrected chi connectivity index (χ1v) is 10.1. The monoisotopic (exact) mass is 308 g/mol. The molecule has 21 heavy (non-hydrogen) atoms. The molecule has 0 unspecified atom stereocenters. The molecule has 1 heterocycles. The molecule has 0 amide bonds. The van der Waals surface area contributed by atoms with Crippen molar-refractivity contribution in [2.45, 2.75) is 52.4 Å². The smallest absolute Gasteiger partial charge is 0.192 e. The van der Waals surface area contributed by atoms with Crippen molar-refractivity contribution in [1.29, 1.82) is 0 Å². The second-order valence-corrected chi connectivity index (χ2v) is 12.0. The number of nitrogens with one attached hydrogen (secondary N) is 1. The number of nitrogen functional groups attached to an aromatic ring is 1. The van der Waals surface area contributed by atoms with Gasteiger partial charge in [-0.1, -0.05) is 20.8 Å². The zero-order valence-electron chi connectivity index (χ0n) is 13.7. The third-order valence-corrected chi connectivity index (χ3v) is 8.97. The molecule has 3 N–H and O–H groups in total. The molecule has 0 fully saturated rings. The second-order valence-electron chi connectivity index (χ2n) is 7.23. The molecule has 0 bridgehead atoms. The number of halogens is 1. The number of benzene rings is 1. The number of anilines is 1. The minimum absolute atomic E-state index is 0.101. The SMILES string of the molecule is Cc1cc2cc(CO[Si](C)(C)C(C)(C)C)c(F)c(N)c2[nH]1. The highest BCUT2D eigenvalue weighted by Gasteiger charge is 2.37. The van der Waals surface area contributed by atoms with Crippen molar-refractivity contribution in [2.24, 2.45) is 0 Å². The maximum absolute atomic E-state index is 14.4. The molecule has 3 nitrogen and oxygen atoms in total. The van der Waals surface area contributed by atoms with E-state index in [2.05, 4.69) is 38.8 Å². The highest BCUT2D eigenvalue weighted by atomic mass is 28.4. The lowest BCUT2D eigenvalue weighted by Crippen LogP contribution is -2.40. The first-order chi connectivity index (χ1) is 9.53. The average molecular weight is 308 g/mol. The third kappa shape index (κ3) is 2.99. The molecule has 1 aromatic carbocycles. The van der Waals surface area contributed by atoms with Gasteiger partial charge in [0.25, 0.3) is 0 Å². The van der Waals surface area contributed by atoms with E-state index in [1.165, 1.54) is 0 Å². The average Bonchev–Trinajstić information content (AvgIpc) is 2.71. The highest BCUT2D eigenvalue weighted by Crippen LogP contribution is 2.37. The Morgan fingerprint density at radius 1 is 1.29 bits per heavy atom. The lowest BCUT2D eigenvalue weighted by Gasteiger charge is -2.36. The number of nitrogens with two attached hydrogens (primary N) is 1. The van der Waals surface area contributed by atoms with Crippen LogP contribution in [0.3, 0.4) is 0 Å². The van der Waals surface area contributed by atoms with Crippen LogP contribution in [0.15, 0.2) is 12.1 Å². The number of aromatic amines is 1. The fraction of sp³-hybridized carbons (Fsp3) is 0.500. The summed E-state index contributed by atoms with van der Waals surface area (Å²) < 4.78 is 20.5. The van der Waals surface area contributed by atoms with Gasteiger partial charge in [0.15, 0.2) is 14.1 Å². The largest absolute Gasteiger partial charge is 0.412 e. The molecule has 1 aromatic heterocycles. The molecule has 0 aliphatic rings. The van der Waals surface area contributed by atoms with Crippen molar-refractivity contribution in [3.05, 3.63) is 29.2 Å². The van der Waals surface area contributed by atoms with Gasteiger partial charge in [0, 0.05) is 16.6 Å². The van der Waals surface area contributed by atoms with Crippen molar-refractivity contribution in [3.63, 3.8) is 0 Å². The molecule has 116 valence electrons. The van der Waals surface area contributed by atoms with Crippen LogP contribution in [0.1, 0.15) is 32.0 Å². The van der Waals surface area contributed by atoms with Gasteiger partial charge >= 0.3 is 0 Å². The molecule has 0 aliphatic carbocycles. The van der Waals surface area contributed by atoms with E-state index in [0.29, 0.717) is 11.1 Å². The van der Waals surface area contributed by atoms with Crippen LogP contribution in [0.25, 0.3) is 10.9 Å². The molecule has 0 atom stereocenters. The molecule has 0 saturated heterocycles. The zero-order chi connectivity index (χ0) is 16.0. The Hall–Kier alpha value is -1.33. The normalized spacial score (nSPS) is 13.1. The predicted molar refractivity (Wildman–Crippen MR) is 89.4 cm³/mol. The Labute approximate surface area is 126 Å². The van der Waals surface area contributed by atoms with Crippen molar-refractivity contribution in [2.75, 3.05) is 5.73 Å². The van der Waals surface area contributed by atoms with Gasteiger partial charge in [0.05, 0.1) is 17.8 Å². The number of aromatic nitrogens is 1. The van der Waals surface area contributed by atoms with E-state index in [4.69, 9.17) is 10.2 Å². The van der Waals surface area contributed by atoms with Crippen LogP contribution in [-0.2, 0) is 11.0 Å². The second kappa shape index (κ2) is 5.14. The van der Waals surface area contributed by atoms with Gasteiger partial charge < -0.3 is 15.1 Å². The summed E-state index contributed by atoms with van der Waals surface area (Å²) in [4.78, 5) is 3.09. The molecule has 5 heteroatoms. The van der Waals surface area contributed by atoms with Gasteiger partial charge in [-0.25, -0.2) is 4.39 Å².